The average molecular weight is 294 g/mol. The van der Waals surface area contributed by atoms with Gasteiger partial charge in [0.1, 0.15) is 5.75 Å². The quantitative estimate of drug-likeness (QED) is 0.790. The minimum absolute atomic E-state index is 0.196. The first-order valence-electron chi connectivity index (χ1n) is 5.34. The van der Waals surface area contributed by atoms with Gasteiger partial charge in [-0.3, -0.25) is 4.79 Å². The molecule has 0 fully saturated rings. The minimum atomic E-state index is -4.75. The maximum absolute atomic E-state index is 12.0. The van der Waals surface area contributed by atoms with Gasteiger partial charge in [0.2, 0.25) is 5.91 Å². The van der Waals surface area contributed by atoms with Crippen LogP contribution >= 0.6 is 11.8 Å². The molecule has 1 aromatic carbocycles. The van der Waals surface area contributed by atoms with Gasteiger partial charge >= 0.3 is 6.36 Å². The summed E-state index contributed by atoms with van der Waals surface area (Å²) < 4.78 is 39.8. The number of nitrogens with one attached hydrogen (secondary N) is 1. The number of rotatable bonds is 6. The predicted octanol–water partition coefficient (Wildman–Crippen LogP) is 2.22. The molecule has 19 heavy (non-hydrogen) atoms. The molecule has 0 saturated heterocycles. The number of amides is 1. The van der Waals surface area contributed by atoms with Crippen LogP contribution in [0.1, 0.15) is 0 Å². The number of benzene rings is 1. The monoisotopic (exact) mass is 294 g/mol. The van der Waals surface area contributed by atoms with E-state index in [9.17, 15) is 18.0 Å². The lowest BCUT2D eigenvalue weighted by molar-refractivity contribution is -0.274. The number of hydrogen-bond donors (Lipinski definition) is 2. The highest BCUT2D eigenvalue weighted by Crippen LogP contribution is 2.25. The highest BCUT2D eigenvalue weighted by molar-refractivity contribution is 7.99. The number of carbonyl (C=O) groups excluding carboxylic acids is 1. The van der Waals surface area contributed by atoms with E-state index in [-0.39, 0.29) is 23.1 Å². The number of thioether (sulfide) groups is 1. The molecule has 0 aliphatic rings. The molecule has 8 heteroatoms. The van der Waals surface area contributed by atoms with Gasteiger partial charge in [0.05, 0.1) is 5.75 Å². The van der Waals surface area contributed by atoms with Crippen LogP contribution in [0, 0.1) is 0 Å². The van der Waals surface area contributed by atoms with E-state index < -0.39 is 6.36 Å². The van der Waals surface area contributed by atoms with Crippen LogP contribution in [0.2, 0.25) is 0 Å². The first-order chi connectivity index (χ1) is 8.90. The van der Waals surface area contributed by atoms with Gasteiger partial charge in [-0.2, -0.15) is 11.8 Å². The Bertz CT molecular complexity index is 427. The lowest BCUT2D eigenvalue weighted by atomic mass is 10.3. The third-order valence-electron chi connectivity index (χ3n) is 1.85. The molecule has 106 valence electrons. The van der Waals surface area contributed by atoms with Gasteiger partial charge in [-0.05, 0) is 12.1 Å². The molecule has 0 heterocycles. The average Bonchev–Trinajstić information content (AvgIpc) is 2.27. The molecular formula is C11H13F3N2O2S. The van der Waals surface area contributed by atoms with Crippen molar-refractivity contribution in [1.29, 1.82) is 0 Å². The van der Waals surface area contributed by atoms with Gasteiger partial charge in [-0.1, -0.05) is 6.07 Å². The summed E-state index contributed by atoms with van der Waals surface area (Å²) in [5.74, 6) is 0.161. The molecule has 0 aliphatic carbocycles. The van der Waals surface area contributed by atoms with Crippen LogP contribution in [0.15, 0.2) is 24.3 Å². The number of nitrogens with two attached hydrogens (primary N) is 1. The van der Waals surface area contributed by atoms with Crippen LogP contribution in [0.5, 0.6) is 5.75 Å². The molecule has 0 atom stereocenters. The third-order valence-corrected chi connectivity index (χ3v) is 2.84. The Morgan fingerprint density at radius 1 is 1.42 bits per heavy atom. The van der Waals surface area contributed by atoms with Crippen LogP contribution in [-0.2, 0) is 4.79 Å². The Labute approximate surface area is 112 Å². The molecule has 0 radical (unpaired) electrons. The maximum Gasteiger partial charge on any atom is 0.573 e. The lowest BCUT2D eigenvalue weighted by Crippen LogP contribution is -2.18. The zero-order valence-corrected chi connectivity index (χ0v) is 10.7. The van der Waals surface area contributed by atoms with E-state index in [1.165, 1.54) is 23.9 Å². The summed E-state index contributed by atoms with van der Waals surface area (Å²) in [5, 5.41) is 2.48. The van der Waals surface area contributed by atoms with Crippen LogP contribution in [-0.4, -0.2) is 30.3 Å². The second-order valence-corrected chi connectivity index (χ2v) is 4.57. The number of anilines is 1. The molecule has 0 bridgehead atoms. The van der Waals surface area contributed by atoms with Crippen LogP contribution < -0.4 is 15.8 Å². The van der Waals surface area contributed by atoms with Crippen molar-refractivity contribution in [1.82, 2.24) is 0 Å². The fourth-order valence-electron chi connectivity index (χ4n) is 1.22. The summed E-state index contributed by atoms with van der Waals surface area (Å²) in [6.45, 7) is 0.465. The summed E-state index contributed by atoms with van der Waals surface area (Å²) in [5.41, 5.74) is 5.52. The van der Waals surface area contributed by atoms with Crippen LogP contribution in [0.25, 0.3) is 0 Å². The maximum atomic E-state index is 12.0. The van der Waals surface area contributed by atoms with E-state index in [0.717, 1.165) is 12.1 Å². The highest BCUT2D eigenvalue weighted by atomic mass is 32.2. The van der Waals surface area contributed by atoms with Crippen LogP contribution in [0.3, 0.4) is 0 Å². The van der Waals surface area contributed by atoms with Crippen molar-refractivity contribution >= 4 is 23.4 Å². The Kier molecular flexibility index (Phi) is 5.97. The second-order valence-electron chi connectivity index (χ2n) is 3.47. The molecule has 0 aromatic heterocycles. The smallest absolute Gasteiger partial charge is 0.406 e. The normalized spacial score (nSPS) is 11.2. The zero-order valence-electron chi connectivity index (χ0n) is 9.87. The zero-order chi connectivity index (χ0) is 14.3. The molecule has 0 aliphatic heterocycles. The number of ether oxygens (including phenoxy) is 1. The Hall–Kier alpha value is -1.41. The van der Waals surface area contributed by atoms with Crippen molar-refractivity contribution in [2.45, 2.75) is 6.36 Å². The van der Waals surface area contributed by atoms with Crippen molar-refractivity contribution in [2.24, 2.45) is 5.73 Å². The van der Waals surface area contributed by atoms with Crippen molar-refractivity contribution < 1.29 is 22.7 Å². The van der Waals surface area contributed by atoms with E-state index in [2.05, 4.69) is 10.1 Å². The Morgan fingerprint density at radius 2 is 2.16 bits per heavy atom. The summed E-state index contributed by atoms with van der Waals surface area (Å²) >= 11 is 1.35. The topological polar surface area (TPSA) is 64.4 Å². The molecular weight excluding hydrogens is 281 g/mol. The molecule has 0 spiro atoms. The Balaban J connectivity index is 2.54. The van der Waals surface area contributed by atoms with Crippen molar-refractivity contribution in [3.05, 3.63) is 24.3 Å². The lowest BCUT2D eigenvalue weighted by Gasteiger charge is -2.10. The highest BCUT2D eigenvalue weighted by Gasteiger charge is 2.31. The largest absolute Gasteiger partial charge is 0.573 e. The standard InChI is InChI=1S/C11H13F3N2O2S/c12-11(13,14)18-9-3-1-2-8(6-9)16-10(17)7-19-5-4-15/h1-3,6H,4-5,7,15H2,(H,16,17). The van der Waals surface area contributed by atoms with E-state index in [1.54, 1.807) is 0 Å². The summed E-state index contributed by atoms with van der Waals surface area (Å²) in [6, 6.07) is 5.11. The predicted molar refractivity (Wildman–Crippen MR) is 68.1 cm³/mol. The fourth-order valence-corrected chi connectivity index (χ4v) is 1.78. The molecule has 0 unspecified atom stereocenters. The summed E-state index contributed by atoms with van der Waals surface area (Å²) in [6.07, 6.45) is -4.75. The number of alkyl halides is 3. The second kappa shape index (κ2) is 7.25. The molecule has 0 saturated carbocycles. The van der Waals surface area contributed by atoms with E-state index in [4.69, 9.17) is 5.73 Å². The first kappa shape index (κ1) is 15.6. The van der Waals surface area contributed by atoms with Crippen molar-refractivity contribution in [2.75, 3.05) is 23.4 Å². The fraction of sp³-hybridized carbons (Fsp3) is 0.364. The van der Waals surface area contributed by atoms with Gasteiger partial charge < -0.3 is 15.8 Å². The van der Waals surface area contributed by atoms with E-state index in [1.807, 2.05) is 0 Å². The SMILES string of the molecule is NCCSCC(=O)Nc1cccc(OC(F)(F)F)c1. The van der Waals surface area contributed by atoms with Gasteiger partial charge in [-0.25, -0.2) is 0 Å². The van der Waals surface area contributed by atoms with Gasteiger partial charge in [0, 0.05) is 24.1 Å². The van der Waals surface area contributed by atoms with Crippen molar-refractivity contribution in [3.8, 4) is 5.75 Å². The van der Waals surface area contributed by atoms with Gasteiger partial charge in [0.15, 0.2) is 0 Å². The van der Waals surface area contributed by atoms with Crippen LogP contribution in [0.4, 0.5) is 18.9 Å². The molecule has 1 rings (SSSR count). The molecule has 1 amide bonds. The Morgan fingerprint density at radius 3 is 2.79 bits per heavy atom. The third kappa shape index (κ3) is 6.92. The molecule has 1 aromatic rings. The first-order valence-corrected chi connectivity index (χ1v) is 6.49. The molecule has 3 N–H and O–H groups in total. The van der Waals surface area contributed by atoms with Crippen molar-refractivity contribution in [3.63, 3.8) is 0 Å². The van der Waals surface area contributed by atoms with Gasteiger partial charge in [0.25, 0.3) is 0 Å². The summed E-state index contributed by atoms with van der Waals surface area (Å²) in [7, 11) is 0. The van der Waals surface area contributed by atoms with E-state index >= 15 is 0 Å². The minimum Gasteiger partial charge on any atom is -0.406 e. The number of hydrogen-bond acceptors (Lipinski definition) is 4. The molecule has 4 nitrogen and oxygen atoms in total. The van der Waals surface area contributed by atoms with Gasteiger partial charge in [-0.15, -0.1) is 13.2 Å². The van der Waals surface area contributed by atoms with E-state index in [0.29, 0.717) is 12.3 Å². The number of halogens is 3. The summed E-state index contributed by atoms with van der Waals surface area (Å²) in [4.78, 5) is 11.4. The number of carbonyl (C=O) groups is 1.